The van der Waals surface area contributed by atoms with Crippen LogP contribution < -0.4 is 0 Å². The average Bonchev–Trinajstić information content (AvgIpc) is 2.85. The molecule has 0 aliphatic carbocycles. The fourth-order valence-electron chi connectivity index (χ4n) is 1.22. The van der Waals surface area contributed by atoms with Crippen molar-refractivity contribution in [2.75, 3.05) is 6.61 Å². The summed E-state index contributed by atoms with van der Waals surface area (Å²) < 4.78 is 5.20. The standard InChI is InChI=1S/C9H10O2/c10-6-8-9(11-8)7-4-2-1-3-5-7/h1-5,8-10H,6H2/t8-,9+/m0/s1. The number of ether oxygens (including phenoxy) is 1. The summed E-state index contributed by atoms with van der Waals surface area (Å²) in [6.07, 6.45) is 0.179. The Hall–Kier alpha value is -0.860. The quantitative estimate of drug-likeness (QED) is 0.641. The van der Waals surface area contributed by atoms with Gasteiger partial charge in [-0.2, -0.15) is 0 Å². The van der Waals surface area contributed by atoms with Gasteiger partial charge in [0.05, 0.1) is 6.61 Å². The third-order valence-corrected chi connectivity index (χ3v) is 1.89. The van der Waals surface area contributed by atoms with E-state index in [1.807, 2.05) is 30.3 Å². The minimum Gasteiger partial charge on any atom is -0.394 e. The highest BCUT2D eigenvalue weighted by atomic mass is 16.6. The van der Waals surface area contributed by atoms with Crippen molar-refractivity contribution >= 4 is 0 Å². The highest BCUT2D eigenvalue weighted by Crippen LogP contribution is 2.37. The van der Waals surface area contributed by atoms with Crippen LogP contribution in [0.3, 0.4) is 0 Å². The monoisotopic (exact) mass is 150 g/mol. The summed E-state index contributed by atoms with van der Waals surface area (Å²) in [5.41, 5.74) is 1.16. The second kappa shape index (κ2) is 2.64. The topological polar surface area (TPSA) is 32.8 Å². The van der Waals surface area contributed by atoms with Crippen molar-refractivity contribution in [3.63, 3.8) is 0 Å². The molecule has 2 heteroatoms. The predicted molar refractivity (Wildman–Crippen MR) is 41.1 cm³/mol. The molecule has 1 saturated heterocycles. The first-order valence-corrected chi connectivity index (χ1v) is 3.73. The Morgan fingerprint density at radius 2 is 2.00 bits per heavy atom. The van der Waals surface area contributed by atoms with Crippen LogP contribution in [-0.2, 0) is 4.74 Å². The zero-order valence-electron chi connectivity index (χ0n) is 6.10. The van der Waals surface area contributed by atoms with Crippen molar-refractivity contribution in [2.45, 2.75) is 12.2 Å². The normalized spacial score (nSPS) is 28.5. The highest BCUT2D eigenvalue weighted by molar-refractivity contribution is 5.22. The summed E-state index contributed by atoms with van der Waals surface area (Å²) in [7, 11) is 0. The maximum Gasteiger partial charge on any atom is 0.112 e. The van der Waals surface area contributed by atoms with E-state index in [4.69, 9.17) is 9.84 Å². The van der Waals surface area contributed by atoms with E-state index < -0.39 is 0 Å². The van der Waals surface area contributed by atoms with Gasteiger partial charge < -0.3 is 9.84 Å². The molecule has 0 bridgehead atoms. The maximum absolute atomic E-state index is 8.71. The third-order valence-electron chi connectivity index (χ3n) is 1.89. The second-order valence-electron chi connectivity index (χ2n) is 2.69. The van der Waals surface area contributed by atoms with E-state index in [0.29, 0.717) is 0 Å². The molecule has 0 spiro atoms. The van der Waals surface area contributed by atoms with Gasteiger partial charge in [0.1, 0.15) is 12.2 Å². The largest absolute Gasteiger partial charge is 0.394 e. The molecule has 2 rings (SSSR count). The van der Waals surface area contributed by atoms with Gasteiger partial charge in [0.15, 0.2) is 0 Å². The fourth-order valence-corrected chi connectivity index (χ4v) is 1.22. The molecule has 0 saturated carbocycles. The Labute approximate surface area is 65.4 Å². The van der Waals surface area contributed by atoms with Crippen LogP contribution in [0.15, 0.2) is 30.3 Å². The van der Waals surface area contributed by atoms with Gasteiger partial charge in [-0.05, 0) is 5.56 Å². The predicted octanol–water partition coefficient (Wildman–Crippen LogP) is 1.12. The molecular weight excluding hydrogens is 140 g/mol. The van der Waals surface area contributed by atoms with E-state index in [0.717, 1.165) is 5.56 Å². The van der Waals surface area contributed by atoms with Gasteiger partial charge in [-0.3, -0.25) is 0 Å². The van der Waals surface area contributed by atoms with E-state index in [2.05, 4.69) is 0 Å². The first-order chi connectivity index (χ1) is 5.42. The molecule has 1 aromatic carbocycles. The minimum absolute atomic E-state index is 0.0393. The molecule has 58 valence electrons. The molecule has 2 atom stereocenters. The van der Waals surface area contributed by atoms with E-state index in [1.54, 1.807) is 0 Å². The van der Waals surface area contributed by atoms with Crippen molar-refractivity contribution in [2.24, 2.45) is 0 Å². The molecule has 2 nitrogen and oxygen atoms in total. The molecular formula is C9H10O2. The van der Waals surface area contributed by atoms with Gasteiger partial charge in [-0.1, -0.05) is 30.3 Å². The first-order valence-electron chi connectivity index (χ1n) is 3.73. The van der Waals surface area contributed by atoms with Crippen molar-refractivity contribution in [1.29, 1.82) is 0 Å². The van der Waals surface area contributed by atoms with Crippen LogP contribution in [0.5, 0.6) is 0 Å². The van der Waals surface area contributed by atoms with Gasteiger partial charge in [-0.15, -0.1) is 0 Å². The average molecular weight is 150 g/mol. The molecule has 0 radical (unpaired) electrons. The van der Waals surface area contributed by atoms with Crippen molar-refractivity contribution < 1.29 is 9.84 Å². The maximum atomic E-state index is 8.71. The number of aliphatic hydroxyl groups excluding tert-OH is 1. The van der Waals surface area contributed by atoms with Crippen LogP contribution in [0.1, 0.15) is 11.7 Å². The van der Waals surface area contributed by atoms with Crippen molar-refractivity contribution in [3.8, 4) is 0 Å². The molecule has 1 aliphatic rings. The van der Waals surface area contributed by atoms with E-state index in [-0.39, 0.29) is 18.8 Å². The molecule has 0 aromatic heterocycles. The Morgan fingerprint density at radius 3 is 2.55 bits per heavy atom. The molecule has 1 heterocycles. The number of aliphatic hydroxyl groups is 1. The molecule has 11 heavy (non-hydrogen) atoms. The van der Waals surface area contributed by atoms with Gasteiger partial charge in [0.2, 0.25) is 0 Å². The van der Waals surface area contributed by atoms with Crippen LogP contribution in [0.25, 0.3) is 0 Å². The van der Waals surface area contributed by atoms with Gasteiger partial charge in [-0.25, -0.2) is 0 Å². The summed E-state index contributed by atoms with van der Waals surface area (Å²) in [6, 6.07) is 9.96. The van der Waals surface area contributed by atoms with E-state index in [9.17, 15) is 0 Å². The molecule has 1 N–H and O–H groups in total. The number of rotatable bonds is 2. The van der Waals surface area contributed by atoms with Crippen LogP contribution >= 0.6 is 0 Å². The van der Waals surface area contributed by atoms with E-state index in [1.165, 1.54) is 0 Å². The van der Waals surface area contributed by atoms with Crippen LogP contribution in [-0.4, -0.2) is 17.8 Å². The number of hydrogen-bond donors (Lipinski definition) is 1. The summed E-state index contributed by atoms with van der Waals surface area (Å²) in [4.78, 5) is 0. The zero-order chi connectivity index (χ0) is 7.68. The second-order valence-corrected chi connectivity index (χ2v) is 2.69. The molecule has 1 fully saturated rings. The zero-order valence-corrected chi connectivity index (χ0v) is 6.10. The Kier molecular flexibility index (Phi) is 1.64. The minimum atomic E-state index is 0.0393. The van der Waals surface area contributed by atoms with Gasteiger partial charge in [0, 0.05) is 0 Å². The lowest BCUT2D eigenvalue weighted by molar-refractivity contribution is 0.242. The highest BCUT2D eigenvalue weighted by Gasteiger charge is 2.39. The summed E-state index contributed by atoms with van der Waals surface area (Å²) in [6.45, 7) is 0.125. The smallest absolute Gasteiger partial charge is 0.112 e. The van der Waals surface area contributed by atoms with Gasteiger partial charge in [0.25, 0.3) is 0 Å². The van der Waals surface area contributed by atoms with Crippen LogP contribution in [0.2, 0.25) is 0 Å². The van der Waals surface area contributed by atoms with Crippen LogP contribution in [0.4, 0.5) is 0 Å². The van der Waals surface area contributed by atoms with Crippen LogP contribution in [0, 0.1) is 0 Å². The van der Waals surface area contributed by atoms with Gasteiger partial charge >= 0.3 is 0 Å². The fraction of sp³-hybridized carbons (Fsp3) is 0.333. The summed E-state index contributed by atoms with van der Waals surface area (Å²) in [5, 5.41) is 8.71. The lowest BCUT2D eigenvalue weighted by atomic mass is 10.1. The SMILES string of the molecule is OC[C@@H]1O[C@@H]1c1ccccc1. The Bertz CT molecular complexity index is 233. The molecule has 1 aromatic rings. The third kappa shape index (κ3) is 1.27. The van der Waals surface area contributed by atoms with E-state index >= 15 is 0 Å². The summed E-state index contributed by atoms with van der Waals surface area (Å²) in [5.74, 6) is 0. The van der Waals surface area contributed by atoms with Crippen molar-refractivity contribution in [3.05, 3.63) is 35.9 Å². The summed E-state index contributed by atoms with van der Waals surface area (Å²) >= 11 is 0. The number of benzene rings is 1. The molecule has 0 amide bonds. The molecule has 1 aliphatic heterocycles. The molecule has 0 unspecified atom stereocenters. The number of hydrogen-bond acceptors (Lipinski definition) is 2. The Morgan fingerprint density at radius 1 is 1.27 bits per heavy atom. The first kappa shape index (κ1) is 6.83. The lowest BCUT2D eigenvalue weighted by Crippen LogP contribution is -1.93. The Balaban J connectivity index is 2.09. The lowest BCUT2D eigenvalue weighted by Gasteiger charge is -1.91. The number of epoxide rings is 1. The van der Waals surface area contributed by atoms with Crippen molar-refractivity contribution in [1.82, 2.24) is 0 Å².